The first-order valence-corrected chi connectivity index (χ1v) is 10.7. The van der Waals surface area contributed by atoms with E-state index in [0.717, 1.165) is 31.6 Å². The fourth-order valence-corrected chi connectivity index (χ4v) is 3.91. The number of nitrogens with one attached hydrogen (secondary N) is 2. The summed E-state index contributed by atoms with van der Waals surface area (Å²) in [5.74, 6) is 1.16. The molecular formula is C23H39IN4O2. The number of aliphatic imine (C=N–C) groups is 1. The standard InChI is InChI=1S/C23H38N4O2.HI/c1-6-27(17-18-11-8-7-9-12-18)20(28)16-26-22(24-5)25-15-19-13-10-14-29-21(19)23(2,3)4;/h7-9,11-12,19,21H,6,10,13-17H2,1-5H3,(H2,24,25,26);1H. The molecule has 2 rings (SSSR count). The summed E-state index contributed by atoms with van der Waals surface area (Å²) in [7, 11) is 1.74. The molecule has 1 aliphatic heterocycles. The van der Waals surface area contributed by atoms with Gasteiger partial charge >= 0.3 is 0 Å². The summed E-state index contributed by atoms with van der Waals surface area (Å²) >= 11 is 0. The molecule has 0 spiro atoms. The molecule has 1 aromatic rings. The number of benzene rings is 1. The van der Waals surface area contributed by atoms with E-state index in [9.17, 15) is 4.79 Å². The lowest BCUT2D eigenvalue weighted by atomic mass is 9.78. The predicted molar refractivity (Wildman–Crippen MR) is 134 cm³/mol. The number of carbonyl (C=O) groups is 1. The highest BCUT2D eigenvalue weighted by atomic mass is 127. The molecule has 0 bridgehead atoms. The van der Waals surface area contributed by atoms with Crippen molar-refractivity contribution in [2.24, 2.45) is 16.3 Å². The minimum absolute atomic E-state index is 0. The third kappa shape index (κ3) is 8.41. The molecular weight excluding hydrogens is 491 g/mol. The summed E-state index contributed by atoms with van der Waals surface area (Å²) in [5.41, 5.74) is 1.24. The number of carbonyl (C=O) groups excluding carboxylic acids is 1. The summed E-state index contributed by atoms with van der Waals surface area (Å²) in [5, 5.41) is 6.56. The van der Waals surface area contributed by atoms with Crippen LogP contribution in [0.1, 0.15) is 46.1 Å². The molecule has 30 heavy (non-hydrogen) atoms. The third-order valence-corrected chi connectivity index (χ3v) is 5.41. The second kappa shape index (κ2) is 13.1. The maximum atomic E-state index is 12.6. The van der Waals surface area contributed by atoms with Crippen LogP contribution in [0.4, 0.5) is 0 Å². The molecule has 1 heterocycles. The van der Waals surface area contributed by atoms with Gasteiger partial charge in [0, 0.05) is 39.2 Å². The first-order chi connectivity index (χ1) is 13.8. The van der Waals surface area contributed by atoms with E-state index in [2.05, 4.69) is 36.4 Å². The molecule has 1 saturated heterocycles. The lowest BCUT2D eigenvalue weighted by Crippen LogP contribution is -2.49. The van der Waals surface area contributed by atoms with Crippen LogP contribution in [0.2, 0.25) is 0 Å². The summed E-state index contributed by atoms with van der Waals surface area (Å²) < 4.78 is 6.06. The van der Waals surface area contributed by atoms with Crippen LogP contribution in [0.3, 0.4) is 0 Å². The number of amides is 1. The van der Waals surface area contributed by atoms with Crippen molar-refractivity contribution in [1.82, 2.24) is 15.5 Å². The van der Waals surface area contributed by atoms with Gasteiger partial charge in [-0.2, -0.15) is 0 Å². The number of ether oxygens (including phenoxy) is 1. The van der Waals surface area contributed by atoms with Gasteiger partial charge in [-0.05, 0) is 30.7 Å². The van der Waals surface area contributed by atoms with Crippen LogP contribution in [-0.2, 0) is 16.1 Å². The Balaban J connectivity index is 0.00000450. The van der Waals surface area contributed by atoms with E-state index >= 15 is 0 Å². The third-order valence-electron chi connectivity index (χ3n) is 5.41. The highest BCUT2D eigenvalue weighted by Gasteiger charge is 2.35. The fraction of sp³-hybridized carbons (Fsp3) is 0.652. The van der Waals surface area contributed by atoms with E-state index in [0.29, 0.717) is 25.0 Å². The Kier molecular flexibility index (Phi) is 11.7. The van der Waals surface area contributed by atoms with Gasteiger partial charge in [0.2, 0.25) is 5.91 Å². The molecule has 1 amide bonds. The molecule has 1 fully saturated rings. The van der Waals surface area contributed by atoms with E-state index in [4.69, 9.17) is 4.74 Å². The lowest BCUT2D eigenvalue weighted by molar-refractivity contribution is -0.130. The van der Waals surface area contributed by atoms with Crippen molar-refractivity contribution in [3.63, 3.8) is 0 Å². The van der Waals surface area contributed by atoms with Gasteiger partial charge in [-0.3, -0.25) is 9.79 Å². The first kappa shape index (κ1) is 26.7. The normalized spacial score (nSPS) is 19.6. The number of nitrogens with zero attached hydrogens (tertiary/aromatic N) is 2. The highest BCUT2D eigenvalue weighted by molar-refractivity contribution is 14.0. The fourth-order valence-electron chi connectivity index (χ4n) is 3.91. The maximum Gasteiger partial charge on any atom is 0.242 e. The maximum absolute atomic E-state index is 12.6. The van der Waals surface area contributed by atoms with E-state index in [-0.39, 0.29) is 47.9 Å². The molecule has 0 saturated carbocycles. The van der Waals surface area contributed by atoms with E-state index in [1.807, 2.05) is 42.2 Å². The van der Waals surface area contributed by atoms with Crippen LogP contribution in [0.15, 0.2) is 35.3 Å². The summed E-state index contributed by atoms with van der Waals surface area (Å²) in [6.45, 7) is 11.8. The van der Waals surface area contributed by atoms with Crippen LogP contribution in [0, 0.1) is 11.3 Å². The quantitative estimate of drug-likeness (QED) is 0.321. The Morgan fingerprint density at radius 2 is 1.93 bits per heavy atom. The summed E-state index contributed by atoms with van der Waals surface area (Å²) in [4.78, 5) is 18.8. The van der Waals surface area contributed by atoms with Crippen LogP contribution in [0.25, 0.3) is 0 Å². The van der Waals surface area contributed by atoms with Crippen molar-refractivity contribution in [3.8, 4) is 0 Å². The molecule has 6 nitrogen and oxygen atoms in total. The Labute approximate surface area is 199 Å². The molecule has 1 aromatic carbocycles. The average Bonchev–Trinajstić information content (AvgIpc) is 2.72. The molecule has 2 N–H and O–H groups in total. The van der Waals surface area contributed by atoms with Crippen molar-refractivity contribution in [3.05, 3.63) is 35.9 Å². The van der Waals surface area contributed by atoms with Gasteiger partial charge in [-0.1, -0.05) is 51.1 Å². The van der Waals surface area contributed by atoms with E-state index in [1.54, 1.807) is 7.05 Å². The molecule has 7 heteroatoms. The molecule has 170 valence electrons. The van der Waals surface area contributed by atoms with E-state index in [1.165, 1.54) is 0 Å². The number of rotatable bonds is 7. The molecule has 0 radical (unpaired) electrons. The van der Waals surface area contributed by atoms with Crippen LogP contribution < -0.4 is 10.6 Å². The molecule has 1 aliphatic rings. The number of likely N-dealkylation sites (N-methyl/N-ethyl adjacent to an activating group) is 1. The largest absolute Gasteiger partial charge is 0.377 e. The molecule has 0 aliphatic carbocycles. The zero-order valence-corrected chi connectivity index (χ0v) is 21.4. The van der Waals surface area contributed by atoms with Gasteiger partial charge in [0.1, 0.15) is 0 Å². The summed E-state index contributed by atoms with van der Waals surface area (Å²) in [6.07, 6.45) is 2.46. The van der Waals surface area contributed by atoms with Crippen molar-refractivity contribution in [1.29, 1.82) is 0 Å². The van der Waals surface area contributed by atoms with Gasteiger partial charge in [0.15, 0.2) is 5.96 Å². The monoisotopic (exact) mass is 530 g/mol. The Bertz CT molecular complexity index is 661. The molecule has 2 unspecified atom stereocenters. The van der Waals surface area contributed by atoms with Gasteiger partial charge in [0.05, 0.1) is 12.6 Å². The number of guanidine groups is 1. The summed E-state index contributed by atoms with van der Waals surface area (Å²) in [6, 6.07) is 10.1. The van der Waals surface area contributed by atoms with Crippen LogP contribution >= 0.6 is 24.0 Å². The zero-order chi connectivity index (χ0) is 21.3. The Hall–Kier alpha value is -1.35. The topological polar surface area (TPSA) is 66.0 Å². The smallest absolute Gasteiger partial charge is 0.242 e. The van der Waals surface area contributed by atoms with Gasteiger partial charge in [-0.15, -0.1) is 24.0 Å². The average molecular weight is 530 g/mol. The van der Waals surface area contributed by atoms with Gasteiger partial charge < -0.3 is 20.3 Å². The van der Waals surface area contributed by atoms with E-state index < -0.39 is 0 Å². The highest BCUT2D eigenvalue weighted by Crippen LogP contribution is 2.33. The van der Waals surface area contributed by atoms with Gasteiger partial charge in [0.25, 0.3) is 0 Å². The predicted octanol–water partition coefficient (Wildman–Crippen LogP) is 3.66. The second-order valence-corrected chi connectivity index (χ2v) is 8.76. The molecule has 0 aromatic heterocycles. The minimum Gasteiger partial charge on any atom is -0.377 e. The van der Waals surface area contributed by atoms with Crippen molar-refractivity contribution in [2.75, 3.05) is 33.3 Å². The van der Waals surface area contributed by atoms with Crippen LogP contribution in [0.5, 0.6) is 0 Å². The van der Waals surface area contributed by atoms with Crippen molar-refractivity contribution >= 4 is 35.8 Å². The Morgan fingerprint density at radius 3 is 2.53 bits per heavy atom. The number of hydrogen-bond donors (Lipinski definition) is 2. The minimum atomic E-state index is 0. The van der Waals surface area contributed by atoms with Crippen LogP contribution in [-0.4, -0.2) is 56.2 Å². The number of halogens is 1. The van der Waals surface area contributed by atoms with Crippen molar-refractivity contribution in [2.45, 2.75) is 53.2 Å². The Morgan fingerprint density at radius 1 is 1.23 bits per heavy atom. The molecule has 2 atom stereocenters. The number of hydrogen-bond acceptors (Lipinski definition) is 3. The zero-order valence-electron chi connectivity index (χ0n) is 19.1. The van der Waals surface area contributed by atoms with Crippen molar-refractivity contribution < 1.29 is 9.53 Å². The van der Waals surface area contributed by atoms with Gasteiger partial charge in [-0.25, -0.2) is 0 Å². The first-order valence-electron chi connectivity index (χ1n) is 10.7. The SMILES string of the molecule is CCN(Cc1ccccc1)C(=O)CNC(=NC)NCC1CCCOC1C(C)(C)C.I. The lowest BCUT2D eigenvalue weighted by Gasteiger charge is -2.40. The second-order valence-electron chi connectivity index (χ2n) is 8.76.